The van der Waals surface area contributed by atoms with Crippen molar-refractivity contribution in [2.75, 3.05) is 25.1 Å². The molecule has 9 heteroatoms. The quantitative estimate of drug-likeness (QED) is 0.777. The third-order valence-electron chi connectivity index (χ3n) is 4.89. The molecule has 2 N–H and O–H groups in total. The first kappa shape index (κ1) is 18.9. The van der Waals surface area contributed by atoms with Gasteiger partial charge in [-0.2, -0.15) is 0 Å². The second-order valence-electron chi connectivity index (χ2n) is 6.76. The van der Waals surface area contributed by atoms with Gasteiger partial charge in [0.2, 0.25) is 11.9 Å². The number of aromatic amines is 1. The fourth-order valence-electron chi connectivity index (χ4n) is 3.06. The summed E-state index contributed by atoms with van der Waals surface area (Å²) in [7, 11) is 1.52. The van der Waals surface area contributed by atoms with Gasteiger partial charge in [0.05, 0.1) is 7.11 Å². The monoisotopic (exact) mass is 375 g/mol. The molecule has 0 atom stereocenters. The number of amides is 1. The molecule has 9 nitrogen and oxygen atoms in total. The summed E-state index contributed by atoms with van der Waals surface area (Å²) in [5, 5.41) is 6.78. The SMILES string of the molecule is COc1cc(CCC(=O)NC2CCN(c3nc(C)c(C)c(=O)[nH]3)CC2)on1. The van der Waals surface area contributed by atoms with E-state index >= 15 is 0 Å². The Bertz CT molecular complexity index is 852. The summed E-state index contributed by atoms with van der Waals surface area (Å²) in [6.07, 6.45) is 2.43. The topological polar surface area (TPSA) is 113 Å². The Morgan fingerprint density at radius 2 is 2.15 bits per heavy atom. The van der Waals surface area contributed by atoms with Crippen LogP contribution in [0.5, 0.6) is 5.88 Å². The van der Waals surface area contributed by atoms with Crippen molar-refractivity contribution < 1.29 is 14.1 Å². The van der Waals surface area contributed by atoms with E-state index in [0.29, 0.717) is 36.0 Å². The molecule has 2 aromatic heterocycles. The average Bonchev–Trinajstić information content (AvgIpc) is 3.13. The molecule has 1 aliphatic heterocycles. The van der Waals surface area contributed by atoms with Crippen LogP contribution in [-0.4, -0.2) is 47.3 Å². The number of piperidine rings is 1. The van der Waals surface area contributed by atoms with E-state index in [4.69, 9.17) is 9.26 Å². The summed E-state index contributed by atoms with van der Waals surface area (Å²) in [5.74, 6) is 1.63. The van der Waals surface area contributed by atoms with Gasteiger partial charge in [-0.1, -0.05) is 0 Å². The van der Waals surface area contributed by atoms with Crippen LogP contribution in [0, 0.1) is 13.8 Å². The summed E-state index contributed by atoms with van der Waals surface area (Å²) in [4.78, 5) is 33.4. The number of hydrogen-bond acceptors (Lipinski definition) is 7. The van der Waals surface area contributed by atoms with Crippen LogP contribution in [0.4, 0.5) is 5.95 Å². The van der Waals surface area contributed by atoms with Crippen LogP contribution < -0.4 is 20.5 Å². The Hall–Kier alpha value is -2.84. The van der Waals surface area contributed by atoms with Crippen LogP contribution in [0.1, 0.15) is 36.3 Å². The van der Waals surface area contributed by atoms with Crippen LogP contribution in [0.2, 0.25) is 0 Å². The lowest BCUT2D eigenvalue weighted by Crippen LogP contribution is -2.45. The Morgan fingerprint density at radius 1 is 1.41 bits per heavy atom. The summed E-state index contributed by atoms with van der Waals surface area (Å²) in [5.41, 5.74) is 1.29. The van der Waals surface area contributed by atoms with E-state index in [1.54, 1.807) is 13.0 Å². The summed E-state index contributed by atoms with van der Waals surface area (Å²) < 4.78 is 10.0. The van der Waals surface area contributed by atoms with Gasteiger partial charge in [0.1, 0.15) is 5.76 Å². The van der Waals surface area contributed by atoms with Gasteiger partial charge in [-0.25, -0.2) is 4.98 Å². The van der Waals surface area contributed by atoms with E-state index in [-0.39, 0.29) is 17.5 Å². The molecule has 1 fully saturated rings. The van der Waals surface area contributed by atoms with E-state index in [9.17, 15) is 9.59 Å². The first-order valence-corrected chi connectivity index (χ1v) is 9.07. The number of methoxy groups -OCH3 is 1. The predicted molar refractivity (Wildman–Crippen MR) is 99.1 cm³/mol. The fraction of sp³-hybridized carbons (Fsp3) is 0.556. The predicted octanol–water partition coefficient (Wildman–Crippen LogP) is 1.10. The molecule has 0 radical (unpaired) electrons. The van der Waals surface area contributed by atoms with Gasteiger partial charge >= 0.3 is 0 Å². The number of anilines is 1. The van der Waals surface area contributed by atoms with Crippen LogP contribution in [0.3, 0.4) is 0 Å². The van der Waals surface area contributed by atoms with E-state index < -0.39 is 0 Å². The largest absolute Gasteiger partial charge is 0.479 e. The average molecular weight is 375 g/mol. The maximum Gasteiger partial charge on any atom is 0.255 e. The highest BCUT2D eigenvalue weighted by molar-refractivity contribution is 5.76. The van der Waals surface area contributed by atoms with Crippen molar-refractivity contribution in [3.63, 3.8) is 0 Å². The van der Waals surface area contributed by atoms with Gasteiger partial charge in [0, 0.05) is 49.3 Å². The third-order valence-corrected chi connectivity index (χ3v) is 4.89. The molecule has 1 amide bonds. The van der Waals surface area contributed by atoms with Crippen molar-refractivity contribution >= 4 is 11.9 Å². The number of aryl methyl sites for hydroxylation is 2. The molecule has 3 rings (SSSR count). The third kappa shape index (κ3) is 4.66. The lowest BCUT2D eigenvalue weighted by Gasteiger charge is -2.32. The molecule has 146 valence electrons. The molecule has 0 unspecified atom stereocenters. The number of carbonyl (C=O) groups excluding carboxylic acids is 1. The standard InChI is InChI=1S/C18H25N5O4/c1-11-12(2)19-18(21-17(11)25)23-8-6-13(7-9-23)20-15(24)5-4-14-10-16(26-3)22-27-14/h10,13H,4-9H2,1-3H3,(H,20,24)(H,19,21,25). The summed E-state index contributed by atoms with van der Waals surface area (Å²) in [6.45, 7) is 5.07. The van der Waals surface area contributed by atoms with E-state index in [1.807, 2.05) is 6.92 Å². The number of carbonyl (C=O) groups is 1. The fourth-order valence-corrected chi connectivity index (χ4v) is 3.06. The molecule has 0 spiro atoms. The molecular formula is C18H25N5O4. The second-order valence-corrected chi connectivity index (χ2v) is 6.76. The van der Waals surface area contributed by atoms with Crippen molar-refractivity contribution in [3.8, 4) is 5.88 Å². The lowest BCUT2D eigenvalue weighted by atomic mass is 10.0. The Morgan fingerprint density at radius 3 is 2.78 bits per heavy atom. The zero-order chi connectivity index (χ0) is 19.4. The van der Waals surface area contributed by atoms with Gasteiger partial charge < -0.3 is 19.5 Å². The summed E-state index contributed by atoms with van der Waals surface area (Å²) >= 11 is 0. The van der Waals surface area contributed by atoms with Crippen LogP contribution >= 0.6 is 0 Å². The minimum atomic E-state index is -0.100. The van der Waals surface area contributed by atoms with E-state index in [2.05, 4.69) is 25.3 Å². The number of rotatable bonds is 6. The number of aromatic nitrogens is 3. The lowest BCUT2D eigenvalue weighted by molar-refractivity contribution is -0.121. The number of ether oxygens (including phenoxy) is 1. The van der Waals surface area contributed by atoms with Gasteiger partial charge in [-0.15, -0.1) is 0 Å². The van der Waals surface area contributed by atoms with Gasteiger partial charge in [0.25, 0.3) is 11.4 Å². The molecule has 3 heterocycles. The Labute approximate surface area is 157 Å². The highest BCUT2D eigenvalue weighted by atomic mass is 16.5. The summed E-state index contributed by atoms with van der Waals surface area (Å²) in [6, 6.07) is 1.81. The molecule has 1 saturated heterocycles. The minimum absolute atomic E-state index is 0.0125. The van der Waals surface area contributed by atoms with Gasteiger partial charge in [-0.3, -0.25) is 14.6 Å². The Kier molecular flexibility index (Phi) is 5.78. The maximum atomic E-state index is 12.2. The Balaban J connectivity index is 1.46. The highest BCUT2D eigenvalue weighted by Crippen LogP contribution is 2.17. The number of nitrogens with one attached hydrogen (secondary N) is 2. The number of nitrogens with zero attached hydrogens (tertiary/aromatic N) is 3. The molecule has 0 aromatic carbocycles. The van der Waals surface area contributed by atoms with Crippen molar-refractivity contribution in [1.29, 1.82) is 0 Å². The normalized spacial score (nSPS) is 15.0. The molecule has 2 aromatic rings. The smallest absolute Gasteiger partial charge is 0.255 e. The minimum Gasteiger partial charge on any atom is -0.479 e. The van der Waals surface area contributed by atoms with Gasteiger partial charge in [0.15, 0.2) is 0 Å². The number of H-pyrrole nitrogens is 1. The van der Waals surface area contributed by atoms with E-state index in [1.165, 1.54) is 7.11 Å². The zero-order valence-electron chi connectivity index (χ0n) is 15.9. The maximum absolute atomic E-state index is 12.2. The van der Waals surface area contributed by atoms with Crippen LogP contribution in [0.15, 0.2) is 15.4 Å². The van der Waals surface area contributed by atoms with E-state index in [0.717, 1.165) is 31.6 Å². The molecule has 0 bridgehead atoms. The first-order valence-electron chi connectivity index (χ1n) is 9.07. The molecule has 0 aliphatic carbocycles. The van der Waals surface area contributed by atoms with Crippen molar-refractivity contribution in [3.05, 3.63) is 33.4 Å². The molecule has 0 saturated carbocycles. The number of hydrogen-bond donors (Lipinski definition) is 2. The van der Waals surface area contributed by atoms with Crippen LogP contribution in [-0.2, 0) is 11.2 Å². The zero-order valence-corrected chi connectivity index (χ0v) is 15.9. The van der Waals surface area contributed by atoms with Crippen molar-refractivity contribution in [1.82, 2.24) is 20.4 Å². The second kappa shape index (κ2) is 8.24. The molecule has 1 aliphatic rings. The van der Waals surface area contributed by atoms with Crippen molar-refractivity contribution in [2.45, 2.75) is 45.6 Å². The molecule has 27 heavy (non-hydrogen) atoms. The van der Waals surface area contributed by atoms with Gasteiger partial charge in [-0.05, 0) is 31.8 Å². The van der Waals surface area contributed by atoms with Crippen molar-refractivity contribution in [2.24, 2.45) is 0 Å². The highest BCUT2D eigenvalue weighted by Gasteiger charge is 2.22. The molecular weight excluding hydrogens is 350 g/mol. The first-order chi connectivity index (χ1) is 13.0. The van der Waals surface area contributed by atoms with Crippen LogP contribution in [0.25, 0.3) is 0 Å².